The summed E-state index contributed by atoms with van der Waals surface area (Å²) in [5.41, 5.74) is 1.87. The molecule has 1 rings (SSSR count). The highest BCUT2D eigenvalue weighted by Gasteiger charge is 2.49. The highest BCUT2D eigenvalue weighted by atomic mass is 28.3. The quantitative estimate of drug-likeness (QED) is 0.680. The Morgan fingerprint density at radius 1 is 1.00 bits per heavy atom. The molecule has 0 aliphatic carbocycles. The molecular formula is C10H24N2Si. The van der Waals surface area contributed by atoms with Gasteiger partial charge in [0.2, 0.25) is 8.40 Å². The summed E-state index contributed by atoms with van der Waals surface area (Å²) in [5, 5.41) is 0. The van der Waals surface area contributed by atoms with Gasteiger partial charge in [-0.1, -0.05) is 39.5 Å². The molecule has 2 atom stereocenters. The Bertz CT molecular complexity index is 143. The van der Waals surface area contributed by atoms with E-state index in [9.17, 15) is 0 Å². The topological polar surface area (TPSA) is 24.1 Å². The zero-order valence-electron chi connectivity index (χ0n) is 9.48. The maximum Gasteiger partial charge on any atom is 0.207 e. The predicted octanol–water partition coefficient (Wildman–Crippen LogP) is 2.22. The Balaban J connectivity index is 2.81. The molecule has 1 aliphatic rings. The normalized spacial score (nSPS) is 32.3. The summed E-state index contributed by atoms with van der Waals surface area (Å²) < 4.78 is 0. The second kappa shape index (κ2) is 4.58. The van der Waals surface area contributed by atoms with Gasteiger partial charge in [0, 0.05) is 0 Å². The van der Waals surface area contributed by atoms with Gasteiger partial charge in [-0.15, -0.1) is 0 Å². The van der Waals surface area contributed by atoms with Crippen LogP contribution in [0.2, 0.25) is 11.1 Å². The van der Waals surface area contributed by atoms with Gasteiger partial charge in [-0.25, -0.2) is 0 Å². The fourth-order valence-corrected chi connectivity index (χ4v) is 8.27. The van der Waals surface area contributed by atoms with Crippen molar-refractivity contribution in [1.29, 1.82) is 0 Å². The summed E-state index contributed by atoms with van der Waals surface area (Å²) in [6, 6.07) is 0. The van der Waals surface area contributed by atoms with Crippen molar-refractivity contribution in [3.63, 3.8) is 0 Å². The summed E-state index contributed by atoms with van der Waals surface area (Å²) in [7, 11) is 2.97. The lowest BCUT2D eigenvalue weighted by atomic mass is 10.1. The molecule has 0 aromatic carbocycles. The van der Waals surface area contributed by atoms with Gasteiger partial charge in [0.25, 0.3) is 0 Å². The van der Waals surface area contributed by atoms with Crippen molar-refractivity contribution in [1.82, 2.24) is 9.96 Å². The summed E-state index contributed by atoms with van der Waals surface area (Å²) in [6.07, 6.45) is 5.54. The standard InChI is InChI=1S/C10H24N2Si/c1-5-9-7-8-10(6-2)13(9,11-3)12-4/h9-12H,5-8H2,1-4H3. The van der Waals surface area contributed by atoms with Crippen molar-refractivity contribution in [3.05, 3.63) is 0 Å². The molecule has 0 radical (unpaired) electrons. The molecule has 0 aromatic heterocycles. The van der Waals surface area contributed by atoms with Crippen molar-refractivity contribution in [2.24, 2.45) is 0 Å². The number of hydrogen-bond donors (Lipinski definition) is 2. The van der Waals surface area contributed by atoms with Gasteiger partial charge in [-0.2, -0.15) is 0 Å². The summed E-state index contributed by atoms with van der Waals surface area (Å²) >= 11 is 0. The zero-order chi connectivity index (χ0) is 9.90. The van der Waals surface area contributed by atoms with Crippen LogP contribution in [0.15, 0.2) is 0 Å². The second-order valence-electron chi connectivity index (χ2n) is 4.16. The van der Waals surface area contributed by atoms with E-state index in [2.05, 4.69) is 37.9 Å². The van der Waals surface area contributed by atoms with E-state index < -0.39 is 8.40 Å². The van der Waals surface area contributed by atoms with E-state index in [-0.39, 0.29) is 0 Å². The molecule has 3 heteroatoms. The molecular weight excluding hydrogens is 176 g/mol. The average Bonchev–Trinajstić information content (AvgIpc) is 2.55. The molecule has 78 valence electrons. The van der Waals surface area contributed by atoms with Crippen LogP contribution in [0.25, 0.3) is 0 Å². The minimum absolute atomic E-state index is 0.937. The maximum atomic E-state index is 3.66. The minimum Gasteiger partial charge on any atom is -0.328 e. The molecule has 0 aromatic rings. The van der Waals surface area contributed by atoms with Crippen molar-refractivity contribution in [2.45, 2.75) is 50.6 Å². The Morgan fingerprint density at radius 2 is 1.38 bits per heavy atom. The van der Waals surface area contributed by atoms with E-state index >= 15 is 0 Å². The average molecular weight is 200 g/mol. The first kappa shape index (κ1) is 11.2. The summed E-state index contributed by atoms with van der Waals surface area (Å²) in [4.78, 5) is 7.31. The third-order valence-electron chi connectivity index (χ3n) is 3.96. The molecule has 1 aliphatic heterocycles. The number of rotatable bonds is 4. The molecule has 0 saturated carbocycles. The fourth-order valence-electron chi connectivity index (χ4n) is 3.18. The molecule has 2 unspecified atom stereocenters. The first-order valence-electron chi connectivity index (χ1n) is 5.62. The SMILES string of the molecule is CCC1CCC(CC)[Si]1(NC)NC. The van der Waals surface area contributed by atoms with Gasteiger partial charge in [-0.3, -0.25) is 0 Å². The third-order valence-corrected chi connectivity index (χ3v) is 9.59. The molecule has 13 heavy (non-hydrogen) atoms. The van der Waals surface area contributed by atoms with Crippen LogP contribution >= 0.6 is 0 Å². The van der Waals surface area contributed by atoms with Crippen molar-refractivity contribution >= 4 is 8.40 Å². The van der Waals surface area contributed by atoms with Crippen LogP contribution in [0.4, 0.5) is 0 Å². The molecule has 0 spiro atoms. The first-order chi connectivity index (χ1) is 6.25. The molecule has 1 saturated heterocycles. The fraction of sp³-hybridized carbons (Fsp3) is 1.00. The maximum absolute atomic E-state index is 3.66. The number of nitrogens with one attached hydrogen (secondary N) is 2. The Labute approximate surface area is 83.7 Å². The van der Waals surface area contributed by atoms with Gasteiger partial charge in [-0.05, 0) is 25.2 Å². The van der Waals surface area contributed by atoms with Crippen LogP contribution in [0.3, 0.4) is 0 Å². The Kier molecular flexibility index (Phi) is 3.95. The zero-order valence-corrected chi connectivity index (χ0v) is 10.5. The van der Waals surface area contributed by atoms with Crippen LogP contribution < -0.4 is 9.96 Å². The van der Waals surface area contributed by atoms with Crippen molar-refractivity contribution in [2.75, 3.05) is 14.1 Å². The lowest BCUT2D eigenvalue weighted by Crippen LogP contribution is -2.63. The largest absolute Gasteiger partial charge is 0.328 e. The van der Waals surface area contributed by atoms with Crippen molar-refractivity contribution < 1.29 is 0 Å². The third kappa shape index (κ3) is 1.69. The lowest BCUT2D eigenvalue weighted by Gasteiger charge is -2.36. The van der Waals surface area contributed by atoms with Crippen molar-refractivity contribution in [3.8, 4) is 0 Å². The molecule has 2 N–H and O–H groups in total. The van der Waals surface area contributed by atoms with Gasteiger partial charge in [0.05, 0.1) is 0 Å². The molecule has 0 amide bonds. The first-order valence-corrected chi connectivity index (χ1v) is 7.78. The summed E-state index contributed by atoms with van der Waals surface area (Å²) in [6.45, 7) is 4.66. The Morgan fingerprint density at radius 3 is 1.62 bits per heavy atom. The smallest absolute Gasteiger partial charge is 0.207 e. The van der Waals surface area contributed by atoms with Gasteiger partial charge in [0.1, 0.15) is 0 Å². The van der Waals surface area contributed by atoms with E-state index in [0.717, 1.165) is 11.1 Å². The van der Waals surface area contributed by atoms with Crippen LogP contribution in [0.1, 0.15) is 39.5 Å². The molecule has 1 fully saturated rings. The van der Waals surface area contributed by atoms with Gasteiger partial charge in [0.15, 0.2) is 0 Å². The number of hydrogen-bond acceptors (Lipinski definition) is 2. The van der Waals surface area contributed by atoms with E-state index in [0.29, 0.717) is 0 Å². The molecule has 0 bridgehead atoms. The molecule has 2 nitrogen and oxygen atoms in total. The highest BCUT2D eigenvalue weighted by Crippen LogP contribution is 2.46. The Hall–Kier alpha value is 0.137. The summed E-state index contributed by atoms with van der Waals surface area (Å²) in [5.74, 6) is 0. The van der Waals surface area contributed by atoms with E-state index in [4.69, 9.17) is 0 Å². The van der Waals surface area contributed by atoms with Gasteiger partial charge >= 0.3 is 0 Å². The van der Waals surface area contributed by atoms with Crippen LogP contribution in [-0.2, 0) is 0 Å². The minimum atomic E-state index is -1.34. The highest BCUT2D eigenvalue weighted by molar-refractivity contribution is 6.78. The van der Waals surface area contributed by atoms with E-state index in [1.165, 1.54) is 25.7 Å². The van der Waals surface area contributed by atoms with E-state index in [1.54, 1.807) is 0 Å². The molecule has 1 heterocycles. The van der Waals surface area contributed by atoms with E-state index in [1.807, 2.05) is 0 Å². The van der Waals surface area contributed by atoms with Gasteiger partial charge < -0.3 is 9.96 Å². The second-order valence-corrected chi connectivity index (χ2v) is 8.53. The van der Waals surface area contributed by atoms with Crippen LogP contribution in [0.5, 0.6) is 0 Å². The monoisotopic (exact) mass is 200 g/mol. The van der Waals surface area contributed by atoms with Crippen LogP contribution in [-0.4, -0.2) is 22.5 Å². The predicted molar refractivity (Wildman–Crippen MR) is 61.2 cm³/mol. The van der Waals surface area contributed by atoms with Crippen LogP contribution in [0, 0.1) is 0 Å². The lowest BCUT2D eigenvalue weighted by molar-refractivity contribution is 0.685.